The van der Waals surface area contributed by atoms with Crippen LogP contribution >= 0.6 is 0 Å². The van der Waals surface area contributed by atoms with Crippen LogP contribution in [0.1, 0.15) is 13.3 Å². The summed E-state index contributed by atoms with van der Waals surface area (Å²) in [6.07, 6.45) is 5.96. The van der Waals surface area contributed by atoms with E-state index >= 15 is 0 Å². The number of halogens is 1. The quantitative estimate of drug-likeness (QED) is 0.229. The molecule has 1 aromatic heterocycles. The second-order valence-electron chi connectivity index (χ2n) is 5.73. The van der Waals surface area contributed by atoms with Gasteiger partial charge in [-0.3, -0.25) is 9.52 Å². The van der Waals surface area contributed by atoms with Gasteiger partial charge in [0.2, 0.25) is 22.3 Å². The molecule has 11 heteroatoms. The fraction of sp³-hybridized carbons (Fsp3) is 0.333. The third-order valence-corrected chi connectivity index (χ3v) is 4.72. The normalized spacial score (nSPS) is 10.8. The molecule has 0 aliphatic rings. The van der Waals surface area contributed by atoms with Crippen LogP contribution in [0.15, 0.2) is 30.9 Å². The third-order valence-electron chi connectivity index (χ3n) is 3.38. The van der Waals surface area contributed by atoms with E-state index in [4.69, 9.17) is 5.73 Å². The van der Waals surface area contributed by atoms with Crippen molar-refractivity contribution in [1.29, 1.82) is 0 Å². The molecule has 0 atom stereocenters. The predicted octanol–water partition coefficient (Wildman–Crippen LogP) is -2.61. The summed E-state index contributed by atoms with van der Waals surface area (Å²) in [6.45, 7) is 1.86. The Morgan fingerprint density at radius 1 is 1.38 bits per heavy atom. The van der Waals surface area contributed by atoms with Gasteiger partial charge in [0.15, 0.2) is 0 Å². The van der Waals surface area contributed by atoms with Gasteiger partial charge in [-0.25, -0.2) is 17.6 Å². The lowest BCUT2D eigenvalue weighted by Crippen LogP contribution is -3.00. The van der Waals surface area contributed by atoms with Crippen LogP contribution in [0.25, 0.3) is 0 Å². The second-order valence-corrected chi connectivity index (χ2v) is 7.57. The zero-order chi connectivity index (χ0) is 18.6. The molecule has 1 aromatic carbocycles. The van der Waals surface area contributed by atoms with Gasteiger partial charge in [-0.2, -0.15) is 0 Å². The zero-order valence-electron chi connectivity index (χ0n) is 14.4. The van der Waals surface area contributed by atoms with Crippen molar-refractivity contribution in [3.05, 3.63) is 30.9 Å². The number of carbonyl (C=O) groups is 1. The van der Waals surface area contributed by atoms with Crippen LogP contribution in [0.2, 0.25) is 0 Å². The lowest BCUT2D eigenvalue weighted by atomic mass is 10.2. The highest BCUT2D eigenvalue weighted by molar-refractivity contribution is 7.92. The van der Waals surface area contributed by atoms with Crippen molar-refractivity contribution in [3.8, 4) is 5.75 Å². The van der Waals surface area contributed by atoms with Crippen molar-refractivity contribution in [3.63, 3.8) is 0 Å². The van der Waals surface area contributed by atoms with Crippen molar-refractivity contribution < 1.29 is 35.3 Å². The van der Waals surface area contributed by atoms with E-state index in [0.717, 1.165) is 0 Å². The molecule has 2 aromatic rings. The Bertz CT molecular complexity index is 859. The number of rotatable bonds is 7. The molecule has 0 unspecified atom stereocenters. The number of aromatic hydroxyl groups is 1. The Balaban J connectivity index is 0.00000338. The molecule has 0 radical (unpaired) electrons. The van der Waals surface area contributed by atoms with Gasteiger partial charge in [0.1, 0.15) is 23.8 Å². The number of hydrogen-bond acceptors (Lipinski definition) is 5. The third kappa shape index (κ3) is 6.12. The first-order valence-corrected chi connectivity index (χ1v) is 9.23. The molecule has 2 rings (SSSR count). The summed E-state index contributed by atoms with van der Waals surface area (Å²) in [5, 5.41) is 12.5. The van der Waals surface area contributed by atoms with Crippen LogP contribution < -0.4 is 32.7 Å². The number of hydrogen-bond donors (Lipinski definition) is 4. The van der Waals surface area contributed by atoms with E-state index in [0.29, 0.717) is 13.0 Å². The molecule has 1 amide bonds. The van der Waals surface area contributed by atoms with Crippen LogP contribution in [0.5, 0.6) is 5.75 Å². The Labute approximate surface area is 158 Å². The number of nitrogens with zero attached hydrogens (tertiary/aromatic N) is 2. The van der Waals surface area contributed by atoms with Gasteiger partial charge in [0, 0.05) is 25.1 Å². The summed E-state index contributed by atoms with van der Waals surface area (Å²) in [5.74, 6) is -0.809. The molecule has 0 aliphatic heterocycles. The molecule has 26 heavy (non-hydrogen) atoms. The van der Waals surface area contributed by atoms with Crippen molar-refractivity contribution in [1.82, 2.24) is 4.57 Å². The number of amides is 1. The molecule has 1 heterocycles. The number of aromatic nitrogens is 2. The fourth-order valence-electron chi connectivity index (χ4n) is 2.31. The topological polar surface area (TPSA) is 130 Å². The van der Waals surface area contributed by atoms with Crippen LogP contribution in [0.4, 0.5) is 17.1 Å². The molecule has 9 nitrogen and oxygen atoms in total. The Kier molecular flexibility index (Phi) is 7.28. The lowest BCUT2D eigenvalue weighted by Gasteiger charge is -2.13. The van der Waals surface area contributed by atoms with Gasteiger partial charge in [0.05, 0.1) is 25.0 Å². The van der Waals surface area contributed by atoms with Crippen LogP contribution in [-0.4, -0.2) is 29.8 Å². The van der Waals surface area contributed by atoms with Gasteiger partial charge in [-0.1, -0.05) is 0 Å². The van der Waals surface area contributed by atoms with Crippen molar-refractivity contribution >= 4 is 33.0 Å². The minimum atomic E-state index is -3.68. The number of nitrogens with one attached hydrogen (secondary N) is 2. The molecular formula is C15H22ClN5O4S. The molecule has 0 saturated carbocycles. The largest absolute Gasteiger partial charge is 1.00 e. The van der Waals surface area contributed by atoms with Crippen molar-refractivity contribution in [2.45, 2.75) is 19.9 Å². The molecule has 0 spiro atoms. The molecule has 0 fully saturated rings. The Morgan fingerprint density at radius 3 is 2.62 bits per heavy atom. The SMILES string of the molecule is CC(=O)Nc1cc(N)c(NS(=O)(=O)CCCn2cc[n+](C)c2)c(O)c1.[Cl-]. The number of phenolic OH excluding ortho intramolecular Hbond substituents is 1. The first kappa shape index (κ1) is 21.6. The number of anilines is 3. The first-order valence-electron chi connectivity index (χ1n) is 7.58. The summed E-state index contributed by atoms with van der Waals surface area (Å²) < 4.78 is 30.4. The Hall–Kier alpha value is -2.46. The van der Waals surface area contributed by atoms with Crippen LogP contribution in [-0.2, 0) is 28.4 Å². The number of imidazole rings is 1. The molecular weight excluding hydrogens is 382 g/mol. The number of sulfonamides is 1. The minimum Gasteiger partial charge on any atom is -1.00 e. The summed E-state index contributed by atoms with van der Waals surface area (Å²) in [6, 6.07) is 2.61. The van der Waals surface area contributed by atoms with E-state index in [1.165, 1.54) is 19.1 Å². The van der Waals surface area contributed by atoms with E-state index in [1.807, 2.05) is 34.9 Å². The minimum absolute atomic E-state index is 0. The summed E-state index contributed by atoms with van der Waals surface area (Å²) in [7, 11) is -1.80. The van der Waals surface area contributed by atoms with Gasteiger partial charge < -0.3 is 28.6 Å². The zero-order valence-corrected chi connectivity index (χ0v) is 16.0. The first-order chi connectivity index (χ1) is 11.7. The van der Waals surface area contributed by atoms with Gasteiger partial charge >= 0.3 is 0 Å². The standard InChI is InChI=1S/C15H21N5O4S.ClH/c1-11(21)17-12-8-13(16)15(14(22)9-12)18-25(23,24)7-3-4-20-6-5-19(2)10-20;/h5-6,8-10,18H,3-4,7,16H2,1-2H3,(H-,17,21,22);1H. The van der Waals surface area contributed by atoms with Gasteiger partial charge in [0.25, 0.3) is 0 Å². The monoisotopic (exact) mass is 403 g/mol. The number of aryl methyl sites for hydroxylation is 2. The van der Waals surface area contributed by atoms with Crippen LogP contribution in [0, 0.1) is 0 Å². The number of nitrogen functional groups attached to an aromatic ring is 1. The Morgan fingerprint density at radius 2 is 2.08 bits per heavy atom. The highest BCUT2D eigenvalue weighted by atomic mass is 35.5. The average molecular weight is 404 g/mol. The van der Waals surface area contributed by atoms with E-state index in [2.05, 4.69) is 10.0 Å². The maximum absolute atomic E-state index is 12.2. The molecule has 0 saturated heterocycles. The molecule has 0 bridgehead atoms. The molecule has 144 valence electrons. The molecule has 5 N–H and O–H groups in total. The van der Waals surface area contributed by atoms with Gasteiger partial charge in [-0.15, -0.1) is 0 Å². The highest BCUT2D eigenvalue weighted by Crippen LogP contribution is 2.34. The predicted molar refractivity (Wildman–Crippen MR) is 94.5 cm³/mol. The number of carbonyl (C=O) groups excluding carboxylic acids is 1. The van der Waals surface area contributed by atoms with Crippen molar-refractivity contribution in [2.24, 2.45) is 7.05 Å². The van der Waals surface area contributed by atoms with Crippen molar-refractivity contribution in [2.75, 3.05) is 21.5 Å². The van der Waals surface area contributed by atoms with Gasteiger partial charge in [-0.05, 0) is 6.07 Å². The maximum atomic E-state index is 12.2. The highest BCUT2D eigenvalue weighted by Gasteiger charge is 2.17. The van der Waals surface area contributed by atoms with E-state index in [1.54, 1.807) is 0 Å². The molecule has 0 aliphatic carbocycles. The fourth-order valence-corrected chi connectivity index (χ4v) is 3.46. The average Bonchev–Trinajstić information content (AvgIpc) is 2.88. The number of benzene rings is 1. The van der Waals surface area contributed by atoms with E-state index in [9.17, 15) is 18.3 Å². The number of phenols is 1. The maximum Gasteiger partial charge on any atom is 0.243 e. The lowest BCUT2D eigenvalue weighted by molar-refractivity contribution is -0.671. The van der Waals surface area contributed by atoms with E-state index < -0.39 is 10.0 Å². The van der Waals surface area contributed by atoms with E-state index in [-0.39, 0.29) is 46.9 Å². The second kappa shape index (κ2) is 8.77. The smallest absolute Gasteiger partial charge is 0.243 e. The summed E-state index contributed by atoms with van der Waals surface area (Å²) >= 11 is 0. The summed E-state index contributed by atoms with van der Waals surface area (Å²) in [4.78, 5) is 11.0. The number of nitrogens with two attached hydrogens (primary N) is 1. The van der Waals surface area contributed by atoms with Crippen LogP contribution in [0.3, 0.4) is 0 Å². The summed E-state index contributed by atoms with van der Waals surface area (Å²) in [5.41, 5.74) is 5.99.